The van der Waals surface area contributed by atoms with Crippen LogP contribution >= 0.6 is 0 Å². The van der Waals surface area contributed by atoms with E-state index in [-0.39, 0.29) is 61.5 Å². The molecule has 0 N–H and O–H groups in total. The zero-order valence-corrected chi connectivity index (χ0v) is 47.7. The molecule has 2 saturated carbocycles. The Bertz CT molecular complexity index is 1990. The Labute approximate surface area is 436 Å². The van der Waals surface area contributed by atoms with Gasteiger partial charge in [0.15, 0.2) is 0 Å². The topological polar surface area (TPSA) is 105 Å². The van der Waals surface area contributed by atoms with E-state index in [0.717, 1.165) is 35.8 Å². The summed E-state index contributed by atoms with van der Waals surface area (Å²) in [5.41, 5.74) is 11.1. The minimum atomic E-state index is -0.0625. The van der Waals surface area contributed by atoms with Crippen LogP contribution in [-0.2, 0) is 62.7 Å². The number of carbonyl (C=O) groups is 2. The van der Waals surface area contributed by atoms with E-state index in [0.29, 0.717) is 22.7 Å². The minimum Gasteiger partial charge on any atom is -0.542 e. The second-order valence-corrected chi connectivity index (χ2v) is 20.6. The van der Waals surface area contributed by atoms with E-state index in [1.807, 2.05) is 0 Å². The monoisotopic (exact) mass is 1010 g/mol. The van der Waals surface area contributed by atoms with Crippen molar-refractivity contribution in [2.75, 3.05) is 28.4 Å². The van der Waals surface area contributed by atoms with Crippen molar-refractivity contribution in [3.8, 4) is 23.0 Å². The molecule has 4 aromatic carbocycles. The number of hydrogen-bond donors (Lipinski definition) is 0. The van der Waals surface area contributed by atoms with E-state index in [4.69, 9.17) is 28.5 Å². The quantitative estimate of drug-likeness (QED) is 0.114. The molecule has 6 rings (SSSR count). The van der Waals surface area contributed by atoms with Crippen molar-refractivity contribution in [2.45, 2.75) is 153 Å². The van der Waals surface area contributed by atoms with Crippen molar-refractivity contribution < 1.29 is 70.8 Å². The van der Waals surface area contributed by atoms with Crippen LogP contribution in [0.3, 0.4) is 0 Å². The summed E-state index contributed by atoms with van der Waals surface area (Å²) in [6.07, 6.45) is 10.3. The minimum absolute atomic E-state index is 0. The first-order valence-electron chi connectivity index (χ1n) is 23.5. The van der Waals surface area contributed by atoms with Gasteiger partial charge in [0.2, 0.25) is 0 Å². The van der Waals surface area contributed by atoms with Gasteiger partial charge in [-0.2, -0.15) is 13.8 Å². The van der Waals surface area contributed by atoms with Gasteiger partial charge in [-0.15, -0.1) is 0 Å². The van der Waals surface area contributed by atoms with Crippen LogP contribution in [-0.4, -0.2) is 52.6 Å². The first kappa shape index (κ1) is 61.9. The smallest absolute Gasteiger partial charge is 0.137 e. The third-order valence-corrected chi connectivity index (χ3v) is 13.0. The van der Waals surface area contributed by atoms with E-state index >= 15 is 0 Å². The maximum Gasteiger partial charge on any atom is 0.137 e. The third kappa shape index (κ3) is 17.1. The molecule has 2 aliphatic carbocycles. The third-order valence-electron chi connectivity index (χ3n) is 13.0. The van der Waals surface area contributed by atoms with Gasteiger partial charge in [-0.3, -0.25) is 22.2 Å². The summed E-state index contributed by atoms with van der Waals surface area (Å²) in [6, 6.07) is 27.0. The van der Waals surface area contributed by atoms with Crippen LogP contribution in [0, 0.1) is 50.4 Å². The number of rotatable bonds is 10. The van der Waals surface area contributed by atoms with Crippen LogP contribution in [0.4, 0.5) is 0 Å². The Kier molecular flexibility index (Phi) is 25.4. The van der Waals surface area contributed by atoms with E-state index in [1.165, 1.54) is 110 Å². The fraction of sp³-hybridized carbons (Fsp3) is 0.525. The number of methoxy groups -OCH3 is 4. The van der Waals surface area contributed by atoms with Crippen LogP contribution in [0.5, 0.6) is 23.0 Å². The number of ketones is 2. The van der Waals surface area contributed by atoms with Crippen LogP contribution in [0.15, 0.2) is 72.8 Å². The summed E-state index contributed by atoms with van der Waals surface area (Å²) >= 11 is 0. The Hall–Kier alpha value is -4.14. The van der Waals surface area contributed by atoms with Gasteiger partial charge in [0, 0.05) is 43.5 Å². The summed E-state index contributed by atoms with van der Waals surface area (Å²) in [5, 5.41) is 0. The summed E-state index contributed by atoms with van der Waals surface area (Å²) in [7, 11) is 6.99. The zero-order valence-electron chi connectivity index (χ0n) is 44.9. The second kappa shape index (κ2) is 27.9. The molecular weight excluding hydrogens is 926 g/mol. The predicted molar refractivity (Wildman–Crippen MR) is 275 cm³/mol. The summed E-state index contributed by atoms with van der Waals surface area (Å²) in [5.74, 6) is 5.08. The Morgan fingerprint density at radius 3 is 0.868 bits per heavy atom. The number of carbonyl (C=O) groups excluding carboxylic acids is 4. The fourth-order valence-corrected chi connectivity index (χ4v) is 11.4. The number of aryl methyl sites for hydroxylation is 4. The molecule has 0 aromatic heterocycles. The molecule has 2 unspecified atom stereocenters. The number of Topliss-reactive ketones (excluding diaryl/α,β-unsaturated/α-hetero) is 2. The van der Waals surface area contributed by atoms with Crippen molar-refractivity contribution in [3.63, 3.8) is 0 Å². The van der Waals surface area contributed by atoms with Crippen LogP contribution < -0.4 is 18.9 Å². The molecule has 2 aliphatic rings. The molecule has 4 aromatic rings. The molecular formula is C59H82O8Y-2. The Morgan fingerprint density at radius 1 is 0.500 bits per heavy atom. The fourth-order valence-electron chi connectivity index (χ4n) is 11.4. The second-order valence-electron chi connectivity index (χ2n) is 20.6. The van der Waals surface area contributed by atoms with Gasteiger partial charge >= 0.3 is 0 Å². The van der Waals surface area contributed by atoms with Crippen molar-refractivity contribution in [2.24, 2.45) is 22.7 Å². The van der Waals surface area contributed by atoms with E-state index < -0.39 is 0 Å². The molecule has 0 bridgehead atoms. The molecule has 68 heavy (non-hydrogen) atoms. The van der Waals surface area contributed by atoms with E-state index in [2.05, 4.69) is 142 Å². The SMILES string of the molecule is CC(=O)CC(C)=O.COc1ccc(C2(c3ccc(OC)c(C)c3)CC(C)CC(C)(C)C2)cc1C.COc1ccc(C2(c3ccc(OC)c(C)c3)CC(C)CC(C)(C)C2)cc1C.C[C-]=O.C[C-]=O.[Y]. The van der Waals surface area contributed by atoms with Gasteiger partial charge in [-0.05, 0) is 172 Å². The normalized spacial score (nSPS) is 17.9. The van der Waals surface area contributed by atoms with Gasteiger partial charge in [0.25, 0.3) is 0 Å². The summed E-state index contributed by atoms with van der Waals surface area (Å²) in [6.45, 7) is 28.5. The van der Waals surface area contributed by atoms with E-state index in [9.17, 15) is 9.59 Å². The maximum atomic E-state index is 10.0. The first-order valence-corrected chi connectivity index (χ1v) is 23.5. The van der Waals surface area contributed by atoms with Crippen LogP contribution in [0.1, 0.15) is 159 Å². The zero-order chi connectivity index (χ0) is 50.9. The van der Waals surface area contributed by atoms with Gasteiger partial charge < -0.3 is 28.5 Å². The van der Waals surface area contributed by atoms with Gasteiger partial charge in [-0.25, -0.2) is 0 Å². The standard InChI is InChI=1S/2C25H34O2.C5H8O2.2C2H3O.Y/c2*1-17-14-24(4,5)16-25(15-17,20-8-10-22(26-6)18(2)12-20)21-9-11-23(27-7)19(3)13-21;1-4(6)3-5(2)7;2*1-2-3;/h2*8-13,17H,14-16H2,1-7H3;3H2,1-2H3;2*1H3;/q;;;2*-1;. The number of hydrogen-bond acceptors (Lipinski definition) is 8. The van der Waals surface area contributed by atoms with Crippen LogP contribution in [0.2, 0.25) is 0 Å². The molecule has 1 radical (unpaired) electrons. The molecule has 0 saturated heterocycles. The Morgan fingerprint density at radius 2 is 0.721 bits per heavy atom. The summed E-state index contributed by atoms with van der Waals surface area (Å²) in [4.78, 5) is 37.4. The van der Waals surface area contributed by atoms with E-state index in [1.54, 1.807) is 28.4 Å². The van der Waals surface area contributed by atoms with Crippen LogP contribution in [0.25, 0.3) is 0 Å². The first-order chi connectivity index (χ1) is 31.4. The largest absolute Gasteiger partial charge is 0.542 e. The van der Waals surface area contributed by atoms with Crippen molar-refractivity contribution in [1.82, 2.24) is 0 Å². The van der Waals surface area contributed by atoms with Crippen molar-refractivity contribution in [3.05, 3.63) is 117 Å². The number of ether oxygens (including phenoxy) is 4. The molecule has 2 fully saturated rings. The van der Waals surface area contributed by atoms with Gasteiger partial charge in [-0.1, -0.05) is 90.1 Å². The molecule has 9 heteroatoms. The number of benzene rings is 4. The van der Waals surface area contributed by atoms with Crippen molar-refractivity contribution in [1.29, 1.82) is 0 Å². The molecule has 0 aliphatic heterocycles. The molecule has 371 valence electrons. The van der Waals surface area contributed by atoms with Crippen molar-refractivity contribution >= 4 is 24.1 Å². The molecule has 2 atom stereocenters. The van der Waals surface area contributed by atoms with Gasteiger partial charge in [0.1, 0.15) is 34.6 Å². The molecule has 0 heterocycles. The predicted octanol–water partition coefficient (Wildman–Crippen LogP) is 13.7. The molecule has 0 amide bonds. The molecule has 8 nitrogen and oxygen atoms in total. The Balaban J connectivity index is 0.000000535. The average molecular weight is 1010 g/mol. The van der Waals surface area contributed by atoms with Gasteiger partial charge in [0.05, 0.1) is 34.9 Å². The molecule has 0 spiro atoms. The summed E-state index contributed by atoms with van der Waals surface area (Å²) < 4.78 is 22.1. The average Bonchev–Trinajstić information content (AvgIpc) is 3.22. The maximum absolute atomic E-state index is 10.0.